The van der Waals surface area contributed by atoms with Crippen molar-refractivity contribution in [2.75, 3.05) is 5.75 Å². The van der Waals surface area contributed by atoms with Gasteiger partial charge in [0.2, 0.25) is 5.91 Å². The molecular formula is C16H15N3O2S. The molecule has 0 spiro atoms. The molecule has 1 N–H and O–H groups in total. The Morgan fingerprint density at radius 3 is 2.91 bits per heavy atom. The van der Waals surface area contributed by atoms with Crippen LogP contribution in [0.1, 0.15) is 11.5 Å². The van der Waals surface area contributed by atoms with Crippen molar-refractivity contribution in [2.24, 2.45) is 0 Å². The normalized spacial score (nSPS) is 10.8. The summed E-state index contributed by atoms with van der Waals surface area (Å²) in [7, 11) is 0. The van der Waals surface area contributed by atoms with Crippen molar-refractivity contribution in [3.8, 4) is 0 Å². The van der Waals surface area contributed by atoms with Gasteiger partial charge in [0.1, 0.15) is 5.76 Å². The molecule has 0 atom stereocenters. The van der Waals surface area contributed by atoms with Gasteiger partial charge in [-0.25, -0.2) is 9.97 Å². The number of rotatable bonds is 5. The van der Waals surface area contributed by atoms with Gasteiger partial charge >= 0.3 is 0 Å². The van der Waals surface area contributed by atoms with Gasteiger partial charge in [-0.3, -0.25) is 4.79 Å². The molecule has 0 unspecified atom stereocenters. The van der Waals surface area contributed by atoms with Crippen LogP contribution in [0, 0.1) is 6.92 Å². The number of para-hydroxylation sites is 1. The molecule has 2 heterocycles. The van der Waals surface area contributed by atoms with E-state index in [0.29, 0.717) is 11.7 Å². The first kappa shape index (κ1) is 14.6. The van der Waals surface area contributed by atoms with E-state index in [9.17, 15) is 4.79 Å². The summed E-state index contributed by atoms with van der Waals surface area (Å²) in [5, 5.41) is 4.45. The number of aryl methyl sites for hydroxylation is 1. The van der Waals surface area contributed by atoms with E-state index in [2.05, 4.69) is 15.3 Å². The molecule has 2 aromatic heterocycles. The molecule has 112 valence electrons. The lowest BCUT2D eigenvalue weighted by molar-refractivity contribution is -0.118. The SMILES string of the molecule is Cc1nc(SCC(=O)NCc2ccco2)nc2ccccc12. The fraction of sp³-hybridized carbons (Fsp3) is 0.188. The zero-order valence-electron chi connectivity index (χ0n) is 12.1. The fourth-order valence-corrected chi connectivity index (χ4v) is 2.78. The Kier molecular flexibility index (Phi) is 4.39. The lowest BCUT2D eigenvalue weighted by Crippen LogP contribution is -2.24. The quantitative estimate of drug-likeness (QED) is 0.579. The van der Waals surface area contributed by atoms with Crippen LogP contribution in [0.5, 0.6) is 0 Å². The summed E-state index contributed by atoms with van der Waals surface area (Å²) in [5.41, 5.74) is 1.82. The number of carbonyl (C=O) groups excluding carboxylic acids is 1. The minimum Gasteiger partial charge on any atom is -0.467 e. The van der Waals surface area contributed by atoms with Crippen LogP contribution in [-0.4, -0.2) is 21.6 Å². The summed E-state index contributed by atoms with van der Waals surface area (Å²) in [4.78, 5) is 20.7. The lowest BCUT2D eigenvalue weighted by atomic mass is 10.2. The van der Waals surface area contributed by atoms with Crippen LogP contribution >= 0.6 is 11.8 Å². The number of fused-ring (bicyclic) bond motifs is 1. The lowest BCUT2D eigenvalue weighted by Gasteiger charge is -2.05. The standard InChI is InChI=1S/C16H15N3O2S/c1-11-13-6-2-3-7-14(13)19-16(18-11)22-10-15(20)17-9-12-5-4-8-21-12/h2-8H,9-10H2,1H3,(H,17,20). The van der Waals surface area contributed by atoms with Gasteiger partial charge in [0.05, 0.1) is 24.1 Å². The van der Waals surface area contributed by atoms with Crippen molar-refractivity contribution in [2.45, 2.75) is 18.6 Å². The smallest absolute Gasteiger partial charge is 0.230 e. The highest BCUT2D eigenvalue weighted by atomic mass is 32.2. The maximum atomic E-state index is 11.8. The number of thioether (sulfide) groups is 1. The highest BCUT2D eigenvalue weighted by Crippen LogP contribution is 2.20. The molecule has 6 heteroatoms. The molecule has 0 fully saturated rings. The van der Waals surface area contributed by atoms with Crippen molar-refractivity contribution in [1.82, 2.24) is 15.3 Å². The molecular weight excluding hydrogens is 298 g/mol. The number of carbonyl (C=O) groups is 1. The zero-order valence-corrected chi connectivity index (χ0v) is 12.9. The molecule has 3 aromatic rings. The molecule has 0 bridgehead atoms. The van der Waals surface area contributed by atoms with Gasteiger partial charge in [0.25, 0.3) is 0 Å². The largest absolute Gasteiger partial charge is 0.467 e. The number of aromatic nitrogens is 2. The summed E-state index contributed by atoms with van der Waals surface area (Å²) >= 11 is 1.33. The number of hydrogen-bond acceptors (Lipinski definition) is 5. The van der Waals surface area contributed by atoms with E-state index in [0.717, 1.165) is 22.4 Å². The number of amides is 1. The minimum atomic E-state index is -0.0733. The van der Waals surface area contributed by atoms with E-state index < -0.39 is 0 Å². The number of nitrogens with one attached hydrogen (secondary N) is 1. The van der Waals surface area contributed by atoms with E-state index in [1.807, 2.05) is 37.3 Å². The zero-order chi connectivity index (χ0) is 15.4. The second-order valence-electron chi connectivity index (χ2n) is 4.75. The number of nitrogens with zero attached hydrogens (tertiary/aromatic N) is 2. The summed E-state index contributed by atoms with van der Waals surface area (Å²) in [6.07, 6.45) is 1.59. The first-order valence-corrected chi connectivity index (χ1v) is 7.86. The minimum absolute atomic E-state index is 0.0733. The average Bonchev–Trinajstić information content (AvgIpc) is 3.04. The van der Waals surface area contributed by atoms with Crippen LogP contribution in [0.25, 0.3) is 10.9 Å². The van der Waals surface area contributed by atoms with Gasteiger partial charge in [-0.2, -0.15) is 0 Å². The molecule has 0 saturated carbocycles. The van der Waals surface area contributed by atoms with E-state index >= 15 is 0 Å². The maximum absolute atomic E-state index is 11.8. The molecule has 1 aromatic carbocycles. The van der Waals surface area contributed by atoms with Gasteiger partial charge in [-0.1, -0.05) is 30.0 Å². The Labute approximate surface area is 132 Å². The van der Waals surface area contributed by atoms with Crippen LogP contribution in [0.15, 0.2) is 52.2 Å². The van der Waals surface area contributed by atoms with E-state index in [4.69, 9.17) is 4.42 Å². The van der Waals surface area contributed by atoms with Gasteiger partial charge in [0, 0.05) is 11.1 Å². The predicted molar refractivity (Wildman–Crippen MR) is 85.6 cm³/mol. The number of furan rings is 1. The predicted octanol–water partition coefficient (Wildman–Crippen LogP) is 2.94. The summed E-state index contributed by atoms with van der Waals surface area (Å²) in [6, 6.07) is 11.5. The molecule has 0 aliphatic heterocycles. The third-order valence-electron chi connectivity index (χ3n) is 3.15. The molecule has 1 amide bonds. The van der Waals surface area contributed by atoms with Gasteiger partial charge < -0.3 is 9.73 Å². The van der Waals surface area contributed by atoms with Crippen molar-refractivity contribution in [1.29, 1.82) is 0 Å². The van der Waals surface area contributed by atoms with E-state index in [1.165, 1.54) is 11.8 Å². The van der Waals surface area contributed by atoms with Crippen molar-refractivity contribution < 1.29 is 9.21 Å². The Balaban J connectivity index is 1.60. The average molecular weight is 313 g/mol. The Bertz CT molecular complexity index is 787. The van der Waals surface area contributed by atoms with Crippen LogP contribution < -0.4 is 5.32 Å². The third kappa shape index (κ3) is 3.46. The fourth-order valence-electron chi connectivity index (χ4n) is 2.05. The van der Waals surface area contributed by atoms with Crippen molar-refractivity contribution in [3.63, 3.8) is 0 Å². The highest BCUT2D eigenvalue weighted by Gasteiger charge is 2.08. The van der Waals surface area contributed by atoms with Crippen LogP contribution in [0.3, 0.4) is 0 Å². The summed E-state index contributed by atoms with van der Waals surface area (Å²) in [5.74, 6) is 0.936. The van der Waals surface area contributed by atoms with Gasteiger partial charge in [-0.15, -0.1) is 0 Å². The third-order valence-corrected chi connectivity index (χ3v) is 3.99. The number of hydrogen-bond donors (Lipinski definition) is 1. The van der Waals surface area contributed by atoms with Crippen molar-refractivity contribution >= 4 is 28.6 Å². The van der Waals surface area contributed by atoms with Crippen molar-refractivity contribution in [3.05, 3.63) is 54.1 Å². The maximum Gasteiger partial charge on any atom is 0.230 e. The van der Waals surface area contributed by atoms with Gasteiger partial charge in [0.15, 0.2) is 5.16 Å². The molecule has 0 saturated heterocycles. The molecule has 0 aliphatic rings. The Hall–Kier alpha value is -2.34. The first-order valence-electron chi connectivity index (χ1n) is 6.87. The highest BCUT2D eigenvalue weighted by molar-refractivity contribution is 7.99. The molecule has 0 radical (unpaired) electrons. The van der Waals surface area contributed by atoms with E-state index in [-0.39, 0.29) is 11.7 Å². The number of benzene rings is 1. The Morgan fingerprint density at radius 1 is 1.23 bits per heavy atom. The Morgan fingerprint density at radius 2 is 2.09 bits per heavy atom. The second kappa shape index (κ2) is 6.62. The van der Waals surface area contributed by atoms with Gasteiger partial charge in [-0.05, 0) is 25.1 Å². The molecule has 0 aliphatic carbocycles. The second-order valence-corrected chi connectivity index (χ2v) is 5.70. The molecule has 22 heavy (non-hydrogen) atoms. The van der Waals surface area contributed by atoms with Crippen LogP contribution in [0.4, 0.5) is 0 Å². The van der Waals surface area contributed by atoms with E-state index in [1.54, 1.807) is 12.3 Å². The summed E-state index contributed by atoms with van der Waals surface area (Å²) in [6.45, 7) is 2.34. The van der Waals surface area contributed by atoms with Crippen LogP contribution in [0.2, 0.25) is 0 Å². The molecule has 5 nitrogen and oxygen atoms in total. The van der Waals surface area contributed by atoms with Crippen LogP contribution in [-0.2, 0) is 11.3 Å². The summed E-state index contributed by atoms with van der Waals surface area (Å²) < 4.78 is 5.16. The topological polar surface area (TPSA) is 68.0 Å². The monoisotopic (exact) mass is 313 g/mol. The first-order chi connectivity index (χ1) is 10.7. The molecule has 3 rings (SSSR count).